The van der Waals surface area contributed by atoms with Crippen LogP contribution >= 0.6 is 0 Å². The molecule has 2 nitrogen and oxygen atoms in total. The summed E-state index contributed by atoms with van der Waals surface area (Å²) in [6.45, 7) is 2.99. The standard InChI is InChI=1S/C14H31BO2/c1-2-3-4-5-6-7-8-9-10-11-12-13-14-17-15-16/h15-16H,2-14H2,1H3. The van der Waals surface area contributed by atoms with Gasteiger partial charge in [-0.15, -0.1) is 0 Å². The van der Waals surface area contributed by atoms with Crippen LogP contribution in [0.15, 0.2) is 0 Å². The third-order valence-electron chi connectivity index (χ3n) is 3.23. The van der Waals surface area contributed by atoms with E-state index >= 15 is 0 Å². The minimum absolute atomic E-state index is 0.127. The van der Waals surface area contributed by atoms with Crippen LogP contribution in [0.1, 0.15) is 84.0 Å². The van der Waals surface area contributed by atoms with Gasteiger partial charge in [-0.1, -0.05) is 77.6 Å². The smallest absolute Gasteiger partial charge is 0.430 e. The molecule has 0 spiro atoms. The molecule has 0 atom stereocenters. The van der Waals surface area contributed by atoms with Gasteiger partial charge in [0.1, 0.15) is 0 Å². The summed E-state index contributed by atoms with van der Waals surface area (Å²) in [5.41, 5.74) is 0. The highest BCUT2D eigenvalue weighted by atomic mass is 16.5. The van der Waals surface area contributed by atoms with Gasteiger partial charge in [-0.3, -0.25) is 0 Å². The lowest BCUT2D eigenvalue weighted by atomic mass is 10.1. The Morgan fingerprint density at radius 3 is 1.53 bits per heavy atom. The molecule has 17 heavy (non-hydrogen) atoms. The quantitative estimate of drug-likeness (QED) is 0.369. The molecule has 0 saturated carbocycles. The summed E-state index contributed by atoms with van der Waals surface area (Å²) in [6, 6.07) is 0. The second kappa shape index (κ2) is 16.0. The Kier molecular flexibility index (Phi) is 16.0. The molecule has 0 rings (SSSR count). The summed E-state index contributed by atoms with van der Waals surface area (Å²) >= 11 is 0. The van der Waals surface area contributed by atoms with E-state index in [0.717, 1.165) is 6.42 Å². The van der Waals surface area contributed by atoms with Gasteiger partial charge >= 0.3 is 7.69 Å². The van der Waals surface area contributed by atoms with E-state index in [9.17, 15) is 0 Å². The van der Waals surface area contributed by atoms with Gasteiger partial charge in [0, 0.05) is 6.61 Å². The van der Waals surface area contributed by atoms with Crippen molar-refractivity contribution in [3.05, 3.63) is 0 Å². The molecule has 0 saturated heterocycles. The summed E-state index contributed by atoms with van der Waals surface area (Å²) in [4.78, 5) is 0. The third kappa shape index (κ3) is 16.0. The molecular formula is C14H31BO2. The summed E-state index contributed by atoms with van der Waals surface area (Å²) in [7, 11) is -0.127. The maximum Gasteiger partial charge on any atom is 0.435 e. The first-order valence-electron chi connectivity index (χ1n) is 7.60. The molecule has 0 aliphatic carbocycles. The topological polar surface area (TPSA) is 29.5 Å². The minimum Gasteiger partial charge on any atom is -0.430 e. The minimum atomic E-state index is -0.127. The molecule has 0 aromatic heterocycles. The normalized spacial score (nSPS) is 10.7. The second-order valence-electron chi connectivity index (χ2n) is 4.93. The fourth-order valence-electron chi connectivity index (χ4n) is 2.11. The van der Waals surface area contributed by atoms with Crippen molar-refractivity contribution in [2.45, 2.75) is 84.0 Å². The van der Waals surface area contributed by atoms with E-state index in [0.29, 0.717) is 6.61 Å². The largest absolute Gasteiger partial charge is 0.435 e. The van der Waals surface area contributed by atoms with Crippen molar-refractivity contribution in [3.63, 3.8) is 0 Å². The molecule has 0 aromatic carbocycles. The number of hydrogen-bond donors (Lipinski definition) is 1. The summed E-state index contributed by atoms with van der Waals surface area (Å²) in [5, 5.41) is 8.42. The Morgan fingerprint density at radius 1 is 0.706 bits per heavy atom. The van der Waals surface area contributed by atoms with Gasteiger partial charge in [0.05, 0.1) is 0 Å². The zero-order chi connectivity index (χ0) is 12.6. The van der Waals surface area contributed by atoms with Crippen molar-refractivity contribution < 1.29 is 9.68 Å². The molecule has 0 amide bonds. The predicted molar refractivity (Wildman–Crippen MR) is 76.4 cm³/mol. The first-order valence-corrected chi connectivity index (χ1v) is 7.60. The molecule has 102 valence electrons. The van der Waals surface area contributed by atoms with Crippen LogP contribution < -0.4 is 0 Å². The van der Waals surface area contributed by atoms with Gasteiger partial charge in [0.15, 0.2) is 0 Å². The highest BCUT2D eigenvalue weighted by molar-refractivity contribution is 6.15. The fourth-order valence-corrected chi connectivity index (χ4v) is 2.11. The first-order chi connectivity index (χ1) is 8.41. The van der Waals surface area contributed by atoms with Gasteiger partial charge in [0.25, 0.3) is 0 Å². The summed E-state index contributed by atoms with van der Waals surface area (Å²) in [5.74, 6) is 0. The van der Waals surface area contributed by atoms with Crippen LogP contribution in [0, 0.1) is 0 Å². The number of hydrogen-bond acceptors (Lipinski definition) is 2. The molecule has 0 aromatic rings. The third-order valence-corrected chi connectivity index (χ3v) is 3.23. The SMILES string of the molecule is CCCCCCCCCCCCCCOBO. The molecule has 0 bridgehead atoms. The lowest BCUT2D eigenvalue weighted by molar-refractivity contribution is 0.274. The van der Waals surface area contributed by atoms with E-state index in [1.807, 2.05) is 0 Å². The number of rotatable bonds is 14. The first kappa shape index (κ1) is 17.0. The highest BCUT2D eigenvalue weighted by Crippen LogP contribution is 2.11. The average Bonchev–Trinajstić information content (AvgIpc) is 2.35. The van der Waals surface area contributed by atoms with Gasteiger partial charge in [-0.2, -0.15) is 0 Å². The van der Waals surface area contributed by atoms with Crippen LogP contribution in [0.2, 0.25) is 0 Å². The Hall–Kier alpha value is -0.0151. The van der Waals surface area contributed by atoms with E-state index in [-0.39, 0.29) is 7.69 Å². The van der Waals surface area contributed by atoms with E-state index < -0.39 is 0 Å². The monoisotopic (exact) mass is 242 g/mol. The Labute approximate surface area is 108 Å². The van der Waals surface area contributed by atoms with E-state index in [1.54, 1.807) is 0 Å². The lowest BCUT2D eigenvalue weighted by Crippen LogP contribution is -1.98. The van der Waals surface area contributed by atoms with Crippen LogP contribution in [-0.2, 0) is 4.65 Å². The average molecular weight is 242 g/mol. The maximum atomic E-state index is 8.42. The zero-order valence-corrected chi connectivity index (χ0v) is 11.8. The van der Waals surface area contributed by atoms with Crippen molar-refractivity contribution in [1.82, 2.24) is 0 Å². The van der Waals surface area contributed by atoms with Crippen LogP contribution in [0.3, 0.4) is 0 Å². The number of unbranched alkanes of at least 4 members (excludes halogenated alkanes) is 11. The van der Waals surface area contributed by atoms with Gasteiger partial charge < -0.3 is 9.68 Å². The van der Waals surface area contributed by atoms with Gasteiger partial charge in [-0.25, -0.2) is 0 Å². The lowest BCUT2D eigenvalue weighted by Gasteiger charge is -2.02. The fraction of sp³-hybridized carbons (Fsp3) is 1.00. The van der Waals surface area contributed by atoms with E-state index in [1.165, 1.54) is 70.6 Å². The van der Waals surface area contributed by atoms with Crippen molar-refractivity contribution >= 4 is 7.69 Å². The molecule has 0 fully saturated rings. The van der Waals surface area contributed by atoms with Gasteiger partial charge in [-0.05, 0) is 6.42 Å². The molecule has 3 heteroatoms. The van der Waals surface area contributed by atoms with Crippen molar-refractivity contribution in [3.8, 4) is 0 Å². The molecule has 1 N–H and O–H groups in total. The molecule has 0 heterocycles. The van der Waals surface area contributed by atoms with Crippen LogP contribution in [0.5, 0.6) is 0 Å². The maximum absolute atomic E-state index is 8.42. The van der Waals surface area contributed by atoms with E-state index in [2.05, 4.69) is 6.92 Å². The molecule has 0 unspecified atom stereocenters. The predicted octanol–water partition coefficient (Wildman–Crippen LogP) is 3.96. The second-order valence-corrected chi connectivity index (χ2v) is 4.93. The van der Waals surface area contributed by atoms with Crippen LogP contribution in [0.25, 0.3) is 0 Å². The van der Waals surface area contributed by atoms with E-state index in [4.69, 9.17) is 9.68 Å². The summed E-state index contributed by atoms with van der Waals surface area (Å²) < 4.78 is 4.88. The Morgan fingerprint density at radius 2 is 1.12 bits per heavy atom. The van der Waals surface area contributed by atoms with Crippen molar-refractivity contribution in [1.29, 1.82) is 0 Å². The Balaban J connectivity index is 2.85. The van der Waals surface area contributed by atoms with Gasteiger partial charge in [0.2, 0.25) is 0 Å². The molecule has 0 aliphatic rings. The molecule has 0 radical (unpaired) electrons. The highest BCUT2D eigenvalue weighted by Gasteiger charge is 1.93. The molecular weight excluding hydrogens is 211 g/mol. The summed E-state index contributed by atoms with van der Waals surface area (Å²) in [6.07, 6.45) is 16.3. The zero-order valence-electron chi connectivity index (χ0n) is 11.8. The van der Waals surface area contributed by atoms with Crippen LogP contribution in [0.4, 0.5) is 0 Å². The van der Waals surface area contributed by atoms with Crippen LogP contribution in [-0.4, -0.2) is 19.3 Å². The molecule has 0 aliphatic heterocycles. The van der Waals surface area contributed by atoms with Crippen molar-refractivity contribution in [2.24, 2.45) is 0 Å². The Bertz CT molecular complexity index is 117. The van der Waals surface area contributed by atoms with Crippen molar-refractivity contribution in [2.75, 3.05) is 6.61 Å².